The summed E-state index contributed by atoms with van der Waals surface area (Å²) in [6, 6.07) is 59.7. The van der Waals surface area contributed by atoms with Crippen LogP contribution in [0.5, 0.6) is 0 Å². The molecule has 268 valence electrons. The van der Waals surface area contributed by atoms with Crippen LogP contribution in [-0.2, 0) is 28.6 Å². The third-order valence-electron chi connectivity index (χ3n) is 11.8. The molecule has 0 heterocycles. The molecule has 0 saturated carbocycles. The Morgan fingerprint density at radius 3 is 1.43 bits per heavy atom. The van der Waals surface area contributed by atoms with E-state index in [1.807, 2.05) is 3.28 Å². The van der Waals surface area contributed by atoms with Crippen molar-refractivity contribution in [2.24, 2.45) is 11.3 Å². The molecule has 0 radical (unpaired) electrons. The Hall–Kier alpha value is -3.74. The van der Waals surface area contributed by atoms with Gasteiger partial charge in [-0.15, -0.1) is 0 Å². The van der Waals surface area contributed by atoms with Crippen LogP contribution >= 0.6 is 0 Å². The predicted molar refractivity (Wildman–Crippen MR) is 215 cm³/mol. The molecule has 0 aliphatic heterocycles. The summed E-state index contributed by atoms with van der Waals surface area (Å²) >= 11 is -1.28. The average Bonchev–Trinajstić information content (AvgIpc) is 3.78. The van der Waals surface area contributed by atoms with E-state index in [0.29, 0.717) is 9.54 Å². The number of benzene rings is 6. The molecule has 4 aliphatic carbocycles. The van der Waals surface area contributed by atoms with Gasteiger partial charge in [0.2, 0.25) is 0 Å². The molecule has 1 unspecified atom stereocenters. The molecule has 1 atom stereocenters. The number of hydrogen-bond acceptors (Lipinski definition) is 0. The molecule has 6 aromatic rings. The number of rotatable bonds is 9. The number of allylic oxidation sites excluding steroid dienone is 4. The summed E-state index contributed by atoms with van der Waals surface area (Å²) in [7, 11) is 0. The molecule has 4 aliphatic rings. The third kappa shape index (κ3) is 6.16. The average molecular weight is 821 g/mol. The van der Waals surface area contributed by atoms with E-state index in [0.717, 1.165) is 0 Å². The molecule has 0 nitrogen and oxygen atoms in total. The topological polar surface area (TPSA) is 0 Å². The van der Waals surface area contributed by atoms with Crippen molar-refractivity contribution in [2.75, 3.05) is 0 Å². The van der Waals surface area contributed by atoms with Crippen LogP contribution in [0.25, 0.3) is 33.4 Å². The van der Waals surface area contributed by atoms with Gasteiger partial charge in [-0.25, -0.2) is 0 Å². The molecule has 0 saturated heterocycles. The molecule has 3 heteroatoms. The Balaban J connectivity index is 0.00000225. The normalized spacial score (nSPS) is 16.5. The van der Waals surface area contributed by atoms with Crippen molar-refractivity contribution in [1.29, 1.82) is 0 Å². The summed E-state index contributed by atoms with van der Waals surface area (Å²) in [5.41, 5.74) is 19.1. The van der Waals surface area contributed by atoms with Crippen molar-refractivity contribution in [1.82, 2.24) is 0 Å². The van der Waals surface area contributed by atoms with Gasteiger partial charge in [0.15, 0.2) is 0 Å². The molecular weight excluding hydrogens is 775 g/mol. The van der Waals surface area contributed by atoms with Gasteiger partial charge in [0.25, 0.3) is 0 Å². The van der Waals surface area contributed by atoms with Crippen molar-refractivity contribution < 1.29 is 48.0 Å². The van der Waals surface area contributed by atoms with Gasteiger partial charge in [0.1, 0.15) is 0 Å². The minimum Gasteiger partial charge on any atom is -1.00 e. The van der Waals surface area contributed by atoms with Crippen molar-refractivity contribution in [3.63, 3.8) is 0 Å². The first-order valence-electron chi connectivity index (χ1n) is 19.2. The van der Waals surface area contributed by atoms with Crippen LogP contribution in [-0.4, -0.2) is 0 Å². The first kappa shape index (κ1) is 38.5. The quantitative estimate of drug-likeness (QED) is 0.141. The number of unbranched alkanes of at least 4 members (excludes halogenated alkanes) is 1. The maximum Gasteiger partial charge on any atom is -1.00 e. The number of fused-ring (bicyclic) bond motifs is 4. The summed E-state index contributed by atoms with van der Waals surface area (Å²) in [6.07, 6.45) is 3.73. The molecule has 10 rings (SSSR count). The fourth-order valence-corrected chi connectivity index (χ4v) is 14.7. The molecule has 0 amide bonds. The molecular formula is C51H46Cl2Zr. The Bertz CT molecular complexity index is 2210. The monoisotopic (exact) mass is 818 g/mol. The Morgan fingerprint density at radius 1 is 0.556 bits per heavy atom. The van der Waals surface area contributed by atoms with Gasteiger partial charge in [-0.2, -0.15) is 0 Å². The van der Waals surface area contributed by atoms with E-state index in [2.05, 4.69) is 185 Å². The standard InChI is InChI=1S/C26H29.C25H17.2ClH.Zr/c1-5-6-13-19-18-22-24(25(2,3)4)23(19)26(22,20-14-9-7-10-15-20)21-16-11-8-12-17-21;1-3-7-18(8-4-1)20-11-13-24-22(15-20)17-23-16-21(12-14-25(23)24)19-9-5-2-6-10-19;;;/h7-12,14-17,19H,5-6,13H2,1-4H3;1-17H;2*1H;/q;;;;+2/p-2. The summed E-state index contributed by atoms with van der Waals surface area (Å²) in [5.74, 6) is 0.512. The minimum atomic E-state index is -1.28. The maximum absolute atomic E-state index is 2.56. The van der Waals surface area contributed by atoms with E-state index in [1.165, 1.54) is 63.8 Å². The second-order valence-electron chi connectivity index (χ2n) is 15.9. The van der Waals surface area contributed by atoms with E-state index < -0.39 is 23.2 Å². The van der Waals surface area contributed by atoms with Crippen LogP contribution in [0, 0.1) is 11.3 Å². The van der Waals surface area contributed by atoms with Crippen LogP contribution in [0.2, 0.25) is 0 Å². The van der Waals surface area contributed by atoms with Crippen LogP contribution in [0.4, 0.5) is 0 Å². The van der Waals surface area contributed by atoms with Crippen LogP contribution in [0.1, 0.15) is 72.8 Å². The van der Waals surface area contributed by atoms with Gasteiger partial charge >= 0.3 is 324 Å². The van der Waals surface area contributed by atoms with Crippen molar-refractivity contribution >= 4 is 0 Å². The van der Waals surface area contributed by atoms with Crippen molar-refractivity contribution in [3.8, 4) is 33.4 Å². The fourth-order valence-electron chi connectivity index (χ4n) is 9.66. The van der Waals surface area contributed by atoms with Crippen molar-refractivity contribution in [2.45, 2.75) is 56.0 Å². The minimum absolute atomic E-state index is 0. The summed E-state index contributed by atoms with van der Waals surface area (Å²) in [6.45, 7) is 9.76. The van der Waals surface area contributed by atoms with Gasteiger partial charge < -0.3 is 24.8 Å². The molecule has 0 spiro atoms. The predicted octanol–water partition coefficient (Wildman–Crippen LogP) is 7.60. The second-order valence-corrected chi connectivity index (χ2v) is 19.4. The van der Waals surface area contributed by atoms with Gasteiger partial charge in [0, 0.05) is 0 Å². The van der Waals surface area contributed by atoms with Gasteiger partial charge in [-0.3, -0.25) is 0 Å². The van der Waals surface area contributed by atoms with Crippen molar-refractivity contribution in [3.05, 3.63) is 200 Å². The fraction of sp³-hybridized carbons (Fsp3) is 0.216. The van der Waals surface area contributed by atoms with E-state index in [4.69, 9.17) is 0 Å². The zero-order valence-electron chi connectivity index (χ0n) is 31.5. The van der Waals surface area contributed by atoms with Crippen LogP contribution in [0.3, 0.4) is 0 Å². The summed E-state index contributed by atoms with van der Waals surface area (Å²) < 4.78 is 2.29. The zero-order chi connectivity index (χ0) is 35.5. The molecule has 0 fully saturated rings. The van der Waals surface area contributed by atoms with E-state index in [-0.39, 0.29) is 35.6 Å². The first-order valence-corrected chi connectivity index (χ1v) is 21.8. The molecule has 2 bridgehead atoms. The summed E-state index contributed by atoms with van der Waals surface area (Å²) in [4.78, 5) is 0. The first-order chi connectivity index (χ1) is 25.4. The SMILES string of the molecule is CCCCC1[C]([Zr+2][CH]2c3cc(-c4ccccc4)ccc3-c3ccc(-c4ccccc4)cc32)=C2C(C(C)(C)C)=C1C2(c1ccccc1)c1ccccc1.[Cl-].[Cl-]. The molecule has 0 N–H and O–H groups in total. The Labute approximate surface area is 346 Å². The molecule has 6 aromatic carbocycles. The number of hydrogen-bond donors (Lipinski definition) is 0. The second kappa shape index (κ2) is 15.4. The maximum atomic E-state index is 2.56. The summed E-state index contributed by atoms with van der Waals surface area (Å²) in [5, 5.41) is 0. The van der Waals surface area contributed by atoms with Gasteiger partial charge in [0.05, 0.1) is 0 Å². The van der Waals surface area contributed by atoms with Gasteiger partial charge in [-0.1, -0.05) is 0 Å². The van der Waals surface area contributed by atoms with E-state index in [1.54, 1.807) is 27.8 Å². The molecule has 54 heavy (non-hydrogen) atoms. The van der Waals surface area contributed by atoms with Crippen LogP contribution in [0.15, 0.2) is 178 Å². The number of halogens is 2. The molecule has 0 aromatic heterocycles. The Kier molecular flexibility index (Phi) is 11.0. The van der Waals surface area contributed by atoms with E-state index in [9.17, 15) is 0 Å². The third-order valence-corrected chi connectivity index (χ3v) is 16.3. The van der Waals surface area contributed by atoms with E-state index >= 15 is 0 Å². The smallest absolute Gasteiger partial charge is 1.00 e. The Morgan fingerprint density at radius 2 is 1.00 bits per heavy atom. The van der Waals surface area contributed by atoms with Crippen LogP contribution < -0.4 is 24.8 Å². The van der Waals surface area contributed by atoms with Gasteiger partial charge in [-0.05, 0) is 0 Å². The zero-order valence-corrected chi connectivity index (χ0v) is 35.5. The largest absolute Gasteiger partial charge is 1.00 e.